The Labute approximate surface area is 163 Å². The third kappa shape index (κ3) is 8.15. The van der Waals surface area contributed by atoms with Gasteiger partial charge < -0.3 is 25.4 Å². The Hall–Kier alpha value is -1.83. The average molecular weight is 378 g/mol. The predicted octanol–water partition coefficient (Wildman–Crippen LogP) is 1.52. The van der Waals surface area contributed by atoms with Crippen molar-refractivity contribution < 1.29 is 9.47 Å². The summed E-state index contributed by atoms with van der Waals surface area (Å²) in [6, 6.07) is 8.84. The number of hydrogen-bond acceptors (Lipinski definition) is 5. The van der Waals surface area contributed by atoms with Crippen LogP contribution < -0.4 is 16.0 Å². The Kier molecular flexibility index (Phi) is 9.97. The summed E-state index contributed by atoms with van der Waals surface area (Å²) in [6.07, 6.45) is 0. The van der Waals surface area contributed by atoms with Crippen LogP contribution in [0.15, 0.2) is 29.3 Å². The van der Waals surface area contributed by atoms with Gasteiger partial charge in [0, 0.05) is 51.6 Å². The number of rotatable bonds is 10. The molecule has 1 aromatic carbocycles. The van der Waals surface area contributed by atoms with Gasteiger partial charge in [-0.25, -0.2) is 4.99 Å². The van der Waals surface area contributed by atoms with E-state index in [9.17, 15) is 0 Å². The summed E-state index contributed by atoms with van der Waals surface area (Å²) in [7, 11) is 1.71. The molecule has 152 valence electrons. The van der Waals surface area contributed by atoms with Crippen LogP contribution in [0.25, 0.3) is 0 Å². The maximum atomic E-state index is 5.43. The molecule has 7 heteroatoms. The Balaban J connectivity index is 1.81. The van der Waals surface area contributed by atoms with E-state index < -0.39 is 0 Å². The first-order valence-electron chi connectivity index (χ1n) is 9.88. The third-order valence-corrected chi connectivity index (χ3v) is 4.59. The predicted molar refractivity (Wildman–Crippen MR) is 111 cm³/mol. The molecule has 0 saturated carbocycles. The number of guanidine groups is 1. The lowest BCUT2D eigenvalue weighted by atomic mass is 10.2. The molecule has 1 unspecified atom stereocenters. The summed E-state index contributed by atoms with van der Waals surface area (Å²) in [5, 5.41) is 10.1. The van der Waals surface area contributed by atoms with Crippen molar-refractivity contribution in [2.45, 2.75) is 26.4 Å². The van der Waals surface area contributed by atoms with Crippen molar-refractivity contribution in [3.63, 3.8) is 0 Å². The SMILES string of the molecule is CCNC(=NCc1ccc(NCCOC)cc1)NCC(C)N1CCOCC1. The van der Waals surface area contributed by atoms with E-state index in [0.29, 0.717) is 19.2 Å². The molecule has 7 nitrogen and oxygen atoms in total. The van der Waals surface area contributed by atoms with E-state index in [2.05, 4.69) is 59.0 Å². The van der Waals surface area contributed by atoms with E-state index in [-0.39, 0.29) is 0 Å². The lowest BCUT2D eigenvalue weighted by Gasteiger charge is -2.32. The van der Waals surface area contributed by atoms with Crippen molar-refractivity contribution in [3.05, 3.63) is 29.8 Å². The Bertz CT molecular complexity index is 544. The van der Waals surface area contributed by atoms with Gasteiger partial charge in [0.2, 0.25) is 0 Å². The molecule has 27 heavy (non-hydrogen) atoms. The van der Waals surface area contributed by atoms with Crippen LogP contribution in [0.3, 0.4) is 0 Å². The van der Waals surface area contributed by atoms with Gasteiger partial charge in [-0.2, -0.15) is 0 Å². The largest absolute Gasteiger partial charge is 0.383 e. The summed E-state index contributed by atoms with van der Waals surface area (Å²) >= 11 is 0. The zero-order chi connectivity index (χ0) is 19.3. The van der Waals surface area contributed by atoms with Gasteiger partial charge in [0.25, 0.3) is 0 Å². The molecule has 2 rings (SSSR count). The van der Waals surface area contributed by atoms with Crippen LogP contribution in [-0.4, -0.2) is 76.6 Å². The van der Waals surface area contributed by atoms with Gasteiger partial charge in [-0.1, -0.05) is 12.1 Å². The second-order valence-corrected chi connectivity index (χ2v) is 6.69. The molecule has 0 amide bonds. The van der Waals surface area contributed by atoms with Gasteiger partial charge in [-0.3, -0.25) is 4.90 Å². The van der Waals surface area contributed by atoms with Crippen molar-refractivity contribution in [2.24, 2.45) is 4.99 Å². The molecule has 1 aliphatic rings. The van der Waals surface area contributed by atoms with Crippen molar-refractivity contribution >= 4 is 11.6 Å². The van der Waals surface area contributed by atoms with Gasteiger partial charge in [-0.05, 0) is 31.5 Å². The molecule has 1 heterocycles. The van der Waals surface area contributed by atoms with Crippen LogP contribution >= 0.6 is 0 Å². The van der Waals surface area contributed by atoms with Crippen molar-refractivity contribution in [3.8, 4) is 0 Å². The van der Waals surface area contributed by atoms with Crippen LogP contribution in [0, 0.1) is 0 Å². The Morgan fingerprint density at radius 3 is 2.63 bits per heavy atom. The fourth-order valence-corrected chi connectivity index (χ4v) is 2.93. The normalized spacial score (nSPS) is 16.8. The lowest BCUT2D eigenvalue weighted by Crippen LogP contribution is -2.49. The van der Waals surface area contributed by atoms with Crippen LogP contribution in [0.5, 0.6) is 0 Å². The molecule has 3 N–H and O–H groups in total. The summed E-state index contributed by atoms with van der Waals surface area (Å²) in [5.41, 5.74) is 2.29. The van der Waals surface area contributed by atoms with Gasteiger partial charge in [-0.15, -0.1) is 0 Å². The second-order valence-electron chi connectivity index (χ2n) is 6.69. The topological polar surface area (TPSA) is 70.2 Å². The summed E-state index contributed by atoms with van der Waals surface area (Å²) < 4.78 is 10.5. The van der Waals surface area contributed by atoms with Gasteiger partial charge in [0.05, 0.1) is 26.4 Å². The van der Waals surface area contributed by atoms with Crippen molar-refractivity contribution in [1.29, 1.82) is 0 Å². The number of ether oxygens (including phenoxy) is 2. The van der Waals surface area contributed by atoms with E-state index in [1.807, 2.05) is 0 Å². The maximum Gasteiger partial charge on any atom is 0.191 e. The number of benzene rings is 1. The summed E-state index contributed by atoms with van der Waals surface area (Å²) in [6.45, 7) is 11.9. The van der Waals surface area contributed by atoms with Gasteiger partial charge in [0.1, 0.15) is 0 Å². The first-order valence-corrected chi connectivity index (χ1v) is 9.88. The standard InChI is InChI=1S/C20H35N5O2/c1-4-21-20(23-15-17(2)25-10-13-27-14-11-25)24-16-18-5-7-19(8-6-18)22-9-12-26-3/h5-8,17,22H,4,9-16H2,1-3H3,(H2,21,23,24). The summed E-state index contributed by atoms with van der Waals surface area (Å²) in [4.78, 5) is 7.17. The molecule has 0 bridgehead atoms. The summed E-state index contributed by atoms with van der Waals surface area (Å²) in [5.74, 6) is 0.861. The number of aliphatic imine (C=N–C) groups is 1. The first kappa shape index (κ1) is 21.5. The highest BCUT2D eigenvalue weighted by atomic mass is 16.5. The highest BCUT2D eigenvalue weighted by molar-refractivity contribution is 5.79. The molecule has 1 aromatic rings. The molecule has 1 fully saturated rings. The lowest BCUT2D eigenvalue weighted by molar-refractivity contribution is 0.0211. The molecular weight excluding hydrogens is 342 g/mol. The first-order chi connectivity index (χ1) is 13.2. The van der Waals surface area contributed by atoms with Gasteiger partial charge >= 0.3 is 0 Å². The number of hydrogen-bond donors (Lipinski definition) is 3. The number of methoxy groups -OCH3 is 1. The molecule has 0 aromatic heterocycles. The molecule has 1 atom stereocenters. The molecule has 1 saturated heterocycles. The molecule has 0 spiro atoms. The van der Waals surface area contributed by atoms with E-state index in [4.69, 9.17) is 14.5 Å². The van der Waals surface area contributed by atoms with Crippen molar-refractivity contribution in [2.75, 3.05) is 65.0 Å². The smallest absolute Gasteiger partial charge is 0.191 e. The van der Waals surface area contributed by atoms with Crippen LogP contribution in [0.1, 0.15) is 19.4 Å². The van der Waals surface area contributed by atoms with E-state index >= 15 is 0 Å². The maximum absolute atomic E-state index is 5.43. The average Bonchev–Trinajstić information content (AvgIpc) is 2.71. The minimum absolute atomic E-state index is 0.454. The molecule has 0 radical (unpaired) electrons. The Morgan fingerprint density at radius 1 is 1.22 bits per heavy atom. The van der Waals surface area contributed by atoms with Gasteiger partial charge in [0.15, 0.2) is 5.96 Å². The van der Waals surface area contributed by atoms with Crippen LogP contribution in [0.4, 0.5) is 5.69 Å². The van der Waals surface area contributed by atoms with Crippen molar-refractivity contribution in [1.82, 2.24) is 15.5 Å². The Morgan fingerprint density at radius 2 is 1.96 bits per heavy atom. The van der Waals surface area contributed by atoms with E-state index in [1.54, 1.807) is 7.11 Å². The number of nitrogens with one attached hydrogen (secondary N) is 3. The minimum atomic E-state index is 0.454. The third-order valence-electron chi connectivity index (χ3n) is 4.59. The highest BCUT2D eigenvalue weighted by Gasteiger charge is 2.16. The number of morpholine rings is 1. The van der Waals surface area contributed by atoms with E-state index in [0.717, 1.165) is 57.6 Å². The minimum Gasteiger partial charge on any atom is -0.383 e. The number of anilines is 1. The molecular formula is C20H35N5O2. The zero-order valence-electron chi connectivity index (χ0n) is 17.0. The van der Waals surface area contributed by atoms with Crippen LogP contribution in [-0.2, 0) is 16.0 Å². The second kappa shape index (κ2) is 12.5. The molecule has 0 aliphatic carbocycles. The zero-order valence-corrected chi connectivity index (χ0v) is 17.0. The van der Waals surface area contributed by atoms with E-state index in [1.165, 1.54) is 5.56 Å². The monoisotopic (exact) mass is 377 g/mol. The highest BCUT2D eigenvalue weighted by Crippen LogP contribution is 2.10. The quantitative estimate of drug-likeness (QED) is 0.326. The van der Waals surface area contributed by atoms with Crippen LogP contribution in [0.2, 0.25) is 0 Å². The fraction of sp³-hybridized carbons (Fsp3) is 0.650. The molecule has 1 aliphatic heterocycles. The fourth-order valence-electron chi connectivity index (χ4n) is 2.93. The number of nitrogens with zero attached hydrogens (tertiary/aromatic N) is 2.